The average Bonchev–Trinajstić information content (AvgIpc) is 3.28. The SMILES string of the molecule is COc1ccc(-c2ccc([C@H]3C[C@@H](C(=O)Nc4ccc(F)c(Cl)c4)N(C)S(=O)(=O)N3)s2)cc1. The van der Waals surface area contributed by atoms with Crippen LogP contribution in [0.2, 0.25) is 5.02 Å². The first-order valence-electron chi connectivity index (χ1n) is 9.93. The normalized spacial score (nSPS) is 20.4. The standard InChI is InChI=1S/C22H21ClFN3O4S2/c1-27-19(22(28)25-14-5-8-17(24)16(23)11-14)12-18(26-33(27,29)30)21-10-9-20(32-21)13-3-6-15(31-2)7-4-13/h3-11,18-19,26H,12H2,1-2H3,(H,25,28)/t18-,19+/m1/s1. The van der Waals surface area contributed by atoms with E-state index in [1.54, 1.807) is 7.11 Å². The van der Waals surface area contributed by atoms with E-state index in [1.807, 2.05) is 36.4 Å². The lowest BCUT2D eigenvalue weighted by Gasteiger charge is -2.35. The Kier molecular flexibility index (Phi) is 6.73. The number of hydrogen-bond acceptors (Lipinski definition) is 5. The summed E-state index contributed by atoms with van der Waals surface area (Å²) in [5.41, 5.74) is 1.26. The van der Waals surface area contributed by atoms with Crippen molar-refractivity contribution in [3.05, 3.63) is 70.3 Å². The van der Waals surface area contributed by atoms with Crippen molar-refractivity contribution in [3.63, 3.8) is 0 Å². The number of nitrogens with one attached hydrogen (secondary N) is 2. The molecule has 1 amide bonds. The second-order valence-corrected chi connectivity index (χ2v) is 10.8. The number of rotatable bonds is 5. The Hall–Kier alpha value is -2.50. The molecule has 11 heteroatoms. The van der Waals surface area contributed by atoms with Gasteiger partial charge >= 0.3 is 0 Å². The molecule has 3 aromatic rings. The largest absolute Gasteiger partial charge is 0.497 e. The van der Waals surface area contributed by atoms with Gasteiger partial charge in [-0.3, -0.25) is 4.79 Å². The summed E-state index contributed by atoms with van der Waals surface area (Å²) in [5, 5.41) is 2.49. The topological polar surface area (TPSA) is 87.7 Å². The number of likely N-dealkylation sites (N-methyl/N-ethyl adjacent to an activating group) is 1. The molecule has 1 aliphatic rings. The molecule has 2 heterocycles. The third-order valence-corrected chi connectivity index (χ3v) is 8.54. The maximum Gasteiger partial charge on any atom is 0.280 e. The van der Waals surface area contributed by atoms with E-state index in [1.165, 1.54) is 30.5 Å². The minimum Gasteiger partial charge on any atom is -0.497 e. The van der Waals surface area contributed by atoms with Gasteiger partial charge in [-0.2, -0.15) is 17.4 Å². The molecular weight excluding hydrogens is 489 g/mol. The lowest BCUT2D eigenvalue weighted by Crippen LogP contribution is -2.55. The highest BCUT2D eigenvalue weighted by molar-refractivity contribution is 7.87. The molecule has 0 saturated carbocycles. The minimum absolute atomic E-state index is 0.137. The van der Waals surface area contributed by atoms with Crippen LogP contribution in [0.3, 0.4) is 0 Å². The van der Waals surface area contributed by atoms with Gasteiger partial charge in [-0.15, -0.1) is 11.3 Å². The smallest absolute Gasteiger partial charge is 0.280 e. The van der Waals surface area contributed by atoms with Crippen molar-refractivity contribution in [3.8, 4) is 16.2 Å². The molecule has 0 spiro atoms. The zero-order valence-electron chi connectivity index (χ0n) is 17.7. The maximum absolute atomic E-state index is 13.4. The predicted molar refractivity (Wildman–Crippen MR) is 127 cm³/mol. The van der Waals surface area contributed by atoms with Gasteiger partial charge in [0.15, 0.2) is 0 Å². The van der Waals surface area contributed by atoms with E-state index >= 15 is 0 Å². The number of carbonyl (C=O) groups is 1. The molecule has 1 fully saturated rings. The molecule has 0 aliphatic carbocycles. The fourth-order valence-electron chi connectivity index (χ4n) is 3.55. The minimum atomic E-state index is -3.90. The third-order valence-electron chi connectivity index (χ3n) is 5.40. The predicted octanol–water partition coefficient (Wildman–Crippen LogP) is 4.43. The van der Waals surface area contributed by atoms with E-state index in [0.717, 1.165) is 31.4 Å². The van der Waals surface area contributed by atoms with Crippen LogP contribution in [-0.2, 0) is 15.0 Å². The summed E-state index contributed by atoms with van der Waals surface area (Å²) in [6.45, 7) is 0. The van der Waals surface area contributed by atoms with Crippen molar-refractivity contribution in [1.29, 1.82) is 0 Å². The number of methoxy groups -OCH3 is 1. The number of thiophene rings is 1. The summed E-state index contributed by atoms with van der Waals surface area (Å²) in [4.78, 5) is 14.7. The Morgan fingerprint density at radius 2 is 1.94 bits per heavy atom. The highest BCUT2D eigenvalue weighted by atomic mass is 35.5. The first-order chi connectivity index (χ1) is 15.7. The Morgan fingerprint density at radius 1 is 1.21 bits per heavy atom. The van der Waals surface area contributed by atoms with Crippen molar-refractivity contribution in [1.82, 2.24) is 9.03 Å². The summed E-state index contributed by atoms with van der Waals surface area (Å²) < 4.78 is 47.7. The molecule has 7 nitrogen and oxygen atoms in total. The van der Waals surface area contributed by atoms with Crippen molar-refractivity contribution >= 4 is 44.7 Å². The van der Waals surface area contributed by atoms with Gasteiger partial charge in [-0.1, -0.05) is 11.6 Å². The van der Waals surface area contributed by atoms with Crippen LogP contribution >= 0.6 is 22.9 Å². The van der Waals surface area contributed by atoms with E-state index in [0.29, 0.717) is 0 Å². The fourth-order valence-corrected chi connectivity index (χ4v) is 6.15. The first-order valence-corrected chi connectivity index (χ1v) is 12.6. The molecular formula is C22H21ClFN3O4S2. The molecule has 0 radical (unpaired) electrons. The number of ether oxygens (including phenoxy) is 1. The third kappa shape index (κ3) is 5.04. The van der Waals surface area contributed by atoms with Crippen LogP contribution in [-0.4, -0.2) is 38.8 Å². The lowest BCUT2D eigenvalue weighted by atomic mass is 10.1. The fraction of sp³-hybridized carbons (Fsp3) is 0.227. The molecule has 4 rings (SSSR count). The summed E-state index contributed by atoms with van der Waals surface area (Å²) in [6.07, 6.45) is 0.221. The van der Waals surface area contributed by atoms with E-state index in [-0.39, 0.29) is 17.1 Å². The number of benzene rings is 2. The van der Waals surface area contributed by atoms with Crippen LogP contribution in [0, 0.1) is 5.82 Å². The number of amides is 1. The number of halogens is 2. The number of hydrogen-bond donors (Lipinski definition) is 2. The van der Waals surface area contributed by atoms with Gasteiger partial charge in [0, 0.05) is 22.5 Å². The first kappa shape index (κ1) is 23.7. The summed E-state index contributed by atoms with van der Waals surface area (Å²) in [6, 6.07) is 13.6. The Bertz CT molecular complexity index is 1280. The van der Waals surface area contributed by atoms with Gasteiger partial charge in [-0.25, -0.2) is 4.39 Å². The van der Waals surface area contributed by atoms with Crippen molar-refractivity contribution in [2.75, 3.05) is 19.5 Å². The van der Waals surface area contributed by atoms with Crippen LogP contribution in [0.5, 0.6) is 5.75 Å². The molecule has 0 unspecified atom stereocenters. The molecule has 1 aromatic heterocycles. The van der Waals surface area contributed by atoms with Crippen LogP contribution in [0.25, 0.3) is 10.4 Å². The molecule has 174 valence electrons. The number of nitrogens with zero attached hydrogens (tertiary/aromatic N) is 1. The van der Waals surface area contributed by atoms with Crippen molar-refractivity contribution < 1.29 is 22.3 Å². The highest BCUT2D eigenvalue weighted by Gasteiger charge is 2.41. The molecule has 0 bridgehead atoms. The molecule has 2 N–H and O–H groups in total. The molecule has 1 aliphatic heterocycles. The van der Waals surface area contributed by atoms with E-state index in [4.69, 9.17) is 16.3 Å². The van der Waals surface area contributed by atoms with Gasteiger partial charge in [0.1, 0.15) is 17.6 Å². The van der Waals surface area contributed by atoms with Gasteiger partial charge in [-0.05, 0) is 66.6 Å². The Balaban J connectivity index is 1.55. The molecule has 2 atom stereocenters. The van der Waals surface area contributed by atoms with E-state index in [9.17, 15) is 17.6 Å². The van der Waals surface area contributed by atoms with Gasteiger partial charge in [0.25, 0.3) is 10.2 Å². The molecule has 2 aromatic carbocycles. The summed E-state index contributed by atoms with van der Waals surface area (Å²) >= 11 is 7.23. The van der Waals surface area contributed by atoms with E-state index < -0.39 is 34.0 Å². The van der Waals surface area contributed by atoms with Crippen LogP contribution in [0.4, 0.5) is 10.1 Å². The molecule has 33 heavy (non-hydrogen) atoms. The average molecular weight is 510 g/mol. The highest BCUT2D eigenvalue weighted by Crippen LogP contribution is 2.36. The van der Waals surface area contributed by atoms with Crippen LogP contribution < -0.4 is 14.8 Å². The number of anilines is 1. The van der Waals surface area contributed by atoms with E-state index in [2.05, 4.69) is 10.0 Å². The number of carbonyl (C=O) groups excluding carboxylic acids is 1. The second kappa shape index (κ2) is 9.40. The Labute approximate surface area is 200 Å². The van der Waals surface area contributed by atoms with Crippen LogP contribution in [0.1, 0.15) is 17.3 Å². The monoisotopic (exact) mass is 509 g/mol. The van der Waals surface area contributed by atoms with Crippen molar-refractivity contribution in [2.24, 2.45) is 0 Å². The quantitative estimate of drug-likeness (QED) is 0.532. The van der Waals surface area contributed by atoms with Gasteiger partial charge in [0.05, 0.1) is 18.2 Å². The zero-order valence-corrected chi connectivity index (χ0v) is 20.1. The van der Waals surface area contributed by atoms with Crippen molar-refractivity contribution in [2.45, 2.75) is 18.5 Å². The van der Waals surface area contributed by atoms with Crippen LogP contribution in [0.15, 0.2) is 54.6 Å². The summed E-state index contributed by atoms with van der Waals surface area (Å²) in [7, 11) is -0.954. The Morgan fingerprint density at radius 3 is 2.61 bits per heavy atom. The van der Waals surface area contributed by atoms with Gasteiger partial charge < -0.3 is 10.1 Å². The van der Waals surface area contributed by atoms with Gasteiger partial charge in [0.2, 0.25) is 5.91 Å². The lowest BCUT2D eigenvalue weighted by molar-refractivity contribution is -0.120. The second-order valence-electron chi connectivity index (χ2n) is 7.49. The summed E-state index contributed by atoms with van der Waals surface area (Å²) in [5.74, 6) is -0.390. The molecule has 1 saturated heterocycles. The zero-order chi connectivity index (χ0) is 23.8. The maximum atomic E-state index is 13.4.